The van der Waals surface area contributed by atoms with Gasteiger partial charge in [-0.15, -0.1) is 0 Å². The summed E-state index contributed by atoms with van der Waals surface area (Å²) >= 11 is 6.63. The number of nitrogens with two attached hydrogens (primary N) is 1. The average Bonchev–Trinajstić information content (AvgIpc) is 3.82. The molecule has 2 aliphatic rings. The number of nitrogens with one attached hydrogen (secondary N) is 1. The first kappa shape index (κ1) is 32.2. The van der Waals surface area contributed by atoms with Crippen LogP contribution in [0.5, 0.6) is 28.7 Å². The number of fused-ring (bicyclic) bond motifs is 3. The maximum atomic E-state index is 13.6. The molecular formula is C35H31ClFN5O7. The number of rotatable bonds is 9. The van der Waals surface area contributed by atoms with Crippen molar-refractivity contribution in [2.45, 2.75) is 38.3 Å². The molecule has 1 saturated carbocycles. The second-order valence-electron chi connectivity index (χ2n) is 12.2. The summed E-state index contributed by atoms with van der Waals surface area (Å²) in [6.07, 6.45) is 4.58. The van der Waals surface area contributed by atoms with Crippen LogP contribution in [0.1, 0.15) is 43.1 Å². The number of halogens is 2. The molecule has 0 radical (unpaired) electrons. The molecule has 5 aromatic rings. The fourth-order valence-corrected chi connectivity index (χ4v) is 5.61. The number of carbonyl (C=O) groups is 1. The van der Waals surface area contributed by atoms with Crippen molar-refractivity contribution < 1.29 is 28.1 Å². The predicted octanol–water partition coefficient (Wildman–Crippen LogP) is 5.61. The van der Waals surface area contributed by atoms with Gasteiger partial charge in [0.15, 0.2) is 11.5 Å². The van der Waals surface area contributed by atoms with Crippen molar-refractivity contribution in [1.82, 2.24) is 14.1 Å². The molecule has 0 saturated heterocycles. The summed E-state index contributed by atoms with van der Waals surface area (Å²) in [6.45, 7) is 4.48. The zero-order valence-corrected chi connectivity index (χ0v) is 27.3. The van der Waals surface area contributed by atoms with Crippen LogP contribution in [0.25, 0.3) is 16.6 Å². The van der Waals surface area contributed by atoms with Gasteiger partial charge in [-0.25, -0.2) is 13.8 Å². The maximum absolute atomic E-state index is 13.6. The lowest BCUT2D eigenvalue weighted by atomic mass is 10.1. The minimum absolute atomic E-state index is 0.123. The van der Waals surface area contributed by atoms with E-state index in [0.29, 0.717) is 53.7 Å². The summed E-state index contributed by atoms with van der Waals surface area (Å²) in [4.78, 5) is 44.5. The molecule has 252 valence electrons. The highest BCUT2D eigenvalue weighted by Gasteiger charge is 2.39. The molecule has 0 bridgehead atoms. The van der Waals surface area contributed by atoms with Crippen molar-refractivity contribution in [3.05, 3.63) is 104 Å². The third kappa shape index (κ3) is 6.30. The van der Waals surface area contributed by atoms with Crippen molar-refractivity contribution >= 4 is 34.1 Å². The van der Waals surface area contributed by atoms with Gasteiger partial charge in [0.1, 0.15) is 42.7 Å². The van der Waals surface area contributed by atoms with Crippen molar-refractivity contribution in [2.24, 2.45) is 5.73 Å². The van der Waals surface area contributed by atoms with E-state index in [1.165, 1.54) is 29.0 Å². The number of aromatic nitrogens is 3. The van der Waals surface area contributed by atoms with Gasteiger partial charge in [-0.2, -0.15) is 0 Å². The van der Waals surface area contributed by atoms with Gasteiger partial charge in [-0.05, 0) is 75.2 Å². The summed E-state index contributed by atoms with van der Waals surface area (Å²) in [5, 5.41) is 3.39. The van der Waals surface area contributed by atoms with Crippen LogP contribution in [-0.2, 0) is 0 Å². The molecule has 1 aliphatic carbocycles. The van der Waals surface area contributed by atoms with Crippen LogP contribution >= 0.6 is 11.6 Å². The Kier molecular flexibility index (Phi) is 8.25. The zero-order valence-electron chi connectivity index (χ0n) is 26.5. The minimum atomic E-state index is -0.861. The second kappa shape index (κ2) is 12.6. The Balaban J connectivity index is 1.17. The highest BCUT2D eigenvalue weighted by molar-refractivity contribution is 6.32. The van der Waals surface area contributed by atoms with E-state index in [4.69, 9.17) is 36.3 Å². The Bertz CT molecular complexity index is 2230. The van der Waals surface area contributed by atoms with E-state index in [2.05, 4.69) is 10.3 Å². The molecule has 0 atom stereocenters. The number of hydrogen-bond donors (Lipinski definition) is 2. The lowest BCUT2D eigenvalue weighted by molar-refractivity contribution is 0.102. The molecule has 1 amide bonds. The van der Waals surface area contributed by atoms with Crippen LogP contribution in [0, 0.1) is 5.82 Å². The average molecular weight is 688 g/mol. The van der Waals surface area contributed by atoms with E-state index in [1.54, 1.807) is 44.3 Å². The quantitative estimate of drug-likeness (QED) is 0.202. The summed E-state index contributed by atoms with van der Waals surface area (Å²) in [5.74, 6) is 0.700. The molecule has 7 rings (SSSR count). The summed E-state index contributed by atoms with van der Waals surface area (Å²) < 4.78 is 39.9. The first-order chi connectivity index (χ1) is 23.5. The fourth-order valence-electron chi connectivity index (χ4n) is 5.39. The number of benzene rings is 3. The monoisotopic (exact) mass is 687 g/mol. The van der Waals surface area contributed by atoms with Crippen LogP contribution in [0.4, 0.5) is 10.1 Å². The molecule has 1 fully saturated rings. The highest BCUT2D eigenvalue weighted by atomic mass is 35.5. The normalized spacial score (nSPS) is 14.5. The Labute approximate surface area is 283 Å². The van der Waals surface area contributed by atoms with Crippen molar-refractivity contribution in [1.29, 1.82) is 0 Å². The van der Waals surface area contributed by atoms with Crippen LogP contribution in [-0.4, -0.2) is 45.4 Å². The predicted molar refractivity (Wildman–Crippen MR) is 181 cm³/mol. The van der Waals surface area contributed by atoms with Crippen molar-refractivity contribution in [2.75, 3.05) is 25.1 Å². The van der Waals surface area contributed by atoms with E-state index in [9.17, 15) is 18.8 Å². The van der Waals surface area contributed by atoms with Gasteiger partial charge in [-0.3, -0.25) is 19.1 Å². The van der Waals surface area contributed by atoms with Gasteiger partial charge >= 0.3 is 5.69 Å². The molecule has 12 nitrogen and oxygen atoms in total. The third-order valence-electron chi connectivity index (χ3n) is 8.26. The SMILES string of the molecule is CC(C)n1cc(C(=O)Nc2ccc(Oc3ccnc4cc(OCC5(N)CC5)c5c(c34)OCCO5)c(Cl)c2)c(=O)n(-c2ccc(F)cc2)c1=O. The van der Waals surface area contributed by atoms with E-state index in [-0.39, 0.29) is 39.3 Å². The van der Waals surface area contributed by atoms with Crippen LogP contribution in [0.3, 0.4) is 0 Å². The van der Waals surface area contributed by atoms with E-state index in [0.717, 1.165) is 29.5 Å². The van der Waals surface area contributed by atoms with Crippen LogP contribution < -0.4 is 41.2 Å². The highest BCUT2D eigenvalue weighted by Crippen LogP contribution is 2.49. The Morgan fingerprint density at radius 1 is 1.04 bits per heavy atom. The molecule has 0 spiro atoms. The molecule has 1 aliphatic heterocycles. The molecular weight excluding hydrogens is 657 g/mol. The first-order valence-corrected chi connectivity index (χ1v) is 15.9. The van der Waals surface area contributed by atoms with E-state index in [1.807, 2.05) is 0 Å². The molecule has 14 heteroatoms. The molecule has 3 aromatic carbocycles. The fraction of sp³-hybridized carbons (Fsp3) is 0.257. The number of hydrogen-bond acceptors (Lipinski definition) is 9. The molecule has 49 heavy (non-hydrogen) atoms. The van der Waals surface area contributed by atoms with Gasteiger partial charge in [0.2, 0.25) is 5.75 Å². The van der Waals surface area contributed by atoms with Gasteiger partial charge in [0.25, 0.3) is 11.5 Å². The number of anilines is 1. The lowest BCUT2D eigenvalue weighted by Gasteiger charge is -2.24. The van der Waals surface area contributed by atoms with Crippen molar-refractivity contribution in [3.63, 3.8) is 0 Å². The maximum Gasteiger partial charge on any atom is 0.335 e. The van der Waals surface area contributed by atoms with Gasteiger partial charge < -0.3 is 30.0 Å². The molecule has 3 heterocycles. The lowest BCUT2D eigenvalue weighted by Crippen LogP contribution is -2.42. The number of amides is 1. The standard InChI is InChI=1S/C35H31ClFN5O7/c1-19(2)41-17-23(33(44)42(34(41)45)22-6-3-20(37)4-7-22)32(43)40-21-5-8-26(24(36)15-21)49-27-9-12-39-25-16-28(48-18-35(38)10-11-35)30-31(29(25)27)47-14-13-46-30/h3-9,12,15-17,19H,10-11,13-14,18,38H2,1-2H3,(H,40,43). The molecule has 3 N–H and O–H groups in total. The molecule has 0 unspecified atom stereocenters. The number of pyridine rings is 1. The van der Waals surface area contributed by atoms with Gasteiger partial charge in [0.05, 0.1) is 27.2 Å². The number of carbonyl (C=O) groups excluding carboxylic acids is 1. The summed E-state index contributed by atoms with van der Waals surface area (Å²) in [6, 6.07) is 12.5. The third-order valence-corrected chi connectivity index (χ3v) is 8.56. The van der Waals surface area contributed by atoms with Crippen LogP contribution in [0.15, 0.2) is 76.6 Å². The van der Waals surface area contributed by atoms with Gasteiger partial charge in [-0.1, -0.05) is 11.6 Å². The zero-order chi connectivity index (χ0) is 34.4. The van der Waals surface area contributed by atoms with Crippen molar-refractivity contribution in [3.8, 4) is 34.4 Å². The molecule has 2 aromatic heterocycles. The summed E-state index contributed by atoms with van der Waals surface area (Å²) in [7, 11) is 0. The Morgan fingerprint density at radius 2 is 1.78 bits per heavy atom. The second-order valence-corrected chi connectivity index (χ2v) is 12.6. The topological polar surface area (TPSA) is 149 Å². The Hall–Kier alpha value is -5.40. The first-order valence-electron chi connectivity index (χ1n) is 15.6. The smallest absolute Gasteiger partial charge is 0.335 e. The van der Waals surface area contributed by atoms with E-state index >= 15 is 0 Å². The number of ether oxygens (including phenoxy) is 4. The Morgan fingerprint density at radius 3 is 2.47 bits per heavy atom. The number of nitrogens with zero attached hydrogens (tertiary/aromatic N) is 3. The van der Waals surface area contributed by atoms with E-state index < -0.39 is 23.0 Å². The minimum Gasteiger partial charge on any atom is -0.488 e. The largest absolute Gasteiger partial charge is 0.488 e. The van der Waals surface area contributed by atoms with Gasteiger partial charge in [0, 0.05) is 30.2 Å². The van der Waals surface area contributed by atoms with Crippen LogP contribution in [0.2, 0.25) is 5.02 Å². The summed E-state index contributed by atoms with van der Waals surface area (Å²) in [5.41, 5.74) is 5.00.